The summed E-state index contributed by atoms with van der Waals surface area (Å²) in [7, 11) is 0. The Hall–Kier alpha value is -3.68. The first-order valence-electron chi connectivity index (χ1n) is 19.9. The summed E-state index contributed by atoms with van der Waals surface area (Å²) in [6.07, 6.45) is 23.2. The molecule has 0 heterocycles. The maximum atomic E-state index is 13.8. The summed E-state index contributed by atoms with van der Waals surface area (Å²) in [5, 5.41) is 5.76. The standard InChI is InChI=1S/C42H58N4O4/c47-39(31-21-25-33(26-22-31)41(49)45(35-13-5-1-6-14-35)36-15-7-2-8-16-36)43-29-30-44-40(48)32-23-27-34(28-24-32)42(50)46(37-17-9-3-10-18-37)38-19-11-4-12-20-38/h21-28,35-38H,1-20,29-30H2,(H,43,47)(H,44,48). The van der Waals surface area contributed by atoms with E-state index in [4.69, 9.17) is 0 Å². The molecule has 2 aromatic rings. The highest BCUT2D eigenvalue weighted by Gasteiger charge is 2.34. The molecule has 0 radical (unpaired) electrons. The Morgan fingerprint density at radius 1 is 0.400 bits per heavy atom. The number of amides is 4. The summed E-state index contributed by atoms with van der Waals surface area (Å²) in [5.41, 5.74) is 2.28. The van der Waals surface area contributed by atoms with Crippen molar-refractivity contribution in [1.82, 2.24) is 20.4 Å². The van der Waals surface area contributed by atoms with E-state index < -0.39 is 0 Å². The van der Waals surface area contributed by atoms with Crippen LogP contribution >= 0.6 is 0 Å². The van der Waals surface area contributed by atoms with E-state index in [9.17, 15) is 19.2 Å². The highest BCUT2D eigenvalue weighted by molar-refractivity contribution is 5.99. The average molecular weight is 683 g/mol. The number of hydrogen-bond acceptors (Lipinski definition) is 4. The Morgan fingerprint density at radius 3 is 0.900 bits per heavy atom. The van der Waals surface area contributed by atoms with Gasteiger partial charge in [0.05, 0.1) is 0 Å². The molecule has 4 fully saturated rings. The van der Waals surface area contributed by atoms with E-state index in [1.54, 1.807) is 48.5 Å². The van der Waals surface area contributed by atoms with Gasteiger partial charge < -0.3 is 20.4 Å². The van der Waals surface area contributed by atoms with Gasteiger partial charge in [0.25, 0.3) is 23.6 Å². The van der Waals surface area contributed by atoms with Gasteiger partial charge >= 0.3 is 0 Å². The topological polar surface area (TPSA) is 98.8 Å². The molecule has 0 unspecified atom stereocenters. The van der Waals surface area contributed by atoms with Crippen LogP contribution in [0, 0.1) is 0 Å². The fraction of sp³-hybridized carbons (Fsp3) is 0.619. The lowest BCUT2D eigenvalue weighted by Crippen LogP contribution is -2.48. The molecule has 0 bridgehead atoms. The van der Waals surface area contributed by atoms with E-state index in [1.807, 2.05) is 0 Å². The minimum atomic E-state index is -0.238. The van der Waals surface area contributed by atoms with Crippen LogP contribution in [0.4, 0.5) is 0 Å². The van der Waals surface area contributed by atoms with E-state index in [0.29, 0.717) is 46.4 Å². The second kappa shape index (κ2) is 18.0. The first-order valence-corrected chi connectivity index (χ1v) is 19.9. The summed E-state index contributed by atoms with van der Waals surface area (Å²) < 4.78 is 0. The maximum absolute atomic E-state index is 13.8. The molecule has 4 aliphatic rings. The summed E-state index contributed by atoms with van der Waals surface area (Å²) in [6, 6.07) is 15.3. The third kappa shape index (κ3) is 9.15. The molecule has 2 aromatic carbocycles. The minimum absolute atomic E-state index is 0.0987. The zero-order chi connectivity index (χ0) is 34.7. The van der Waals surface area contributed by atoms with Gasteiger partial charge in [0, 0.05) is 59.5 Å². The molecular formula is C42H58N4O4. The van der Waals surface area contributed by atoms with E-state index >= 15 is 0 Å². The molecule has 0 aromatic heterocycles. The normalized spacial score (nSPS) is 19.8. The van der Waals surface area contributed by atoms with Crippen molar-refractivity contribution in [3.05, 3.63) is 70.8 Å². The summed E-state index contributed by atoms with van der Waals surface area (Å²) in [6.45, 7) is 0.549. The fourth-order valence-corrected chi connectivity index (χ4v) is 9.08. The van der Waals surface area contributed by atoms with Crippen LogP contribution in [-0.4, -0.2) is 70.7 Å². The molecule has 4 aliphatic carbocycles. The highest BCUT2D eigenvalue weighted by atomic mass is 16.2. The predicted octanol–water partition coefficient (Wildman–Crippen LogP) is 8.06. The second-order valence-electron chi connectivity index (χ2n) is 15.3. The third-order valence-electron chi connectivity index (χ3n) is 11.8. The molecule has 6 rings (SSSR count). The van der Waals surface area contributed by atoms with Gasteiger partial charge in [0.1, 0.15) is 0 Å². The van der Waals surface area contributed by atoms with Crippen molar-refractivity contribution in [1.29, 1.82) is 0 Å². The van der Waals surface area contributed by atoms with Crippen molar-refractivity contribution in [3.8, 4) is 0 Å². The average Bonchev–Trinajstić information content (AvgIpc) is 3.18. The van der Waals surface area contributed by atoms with Crippen molar-refractivity contribution in [2.45, 2.75) is 153 Å². The van der Waals surface area contributed by atoms with E-state index in [1.165, 1.54) is 77.0 Å². The molecule has 0 atom stereocenters. The van der Waals surface area contributed by atoms with Gasteiger partial charge in [0.2, 0.25) is 0 Å². The molecule has 4 saturated carbocycles. The lowest BCUT2D eigenvalue weighted by atomic mass is 9.88. The van der Waals surface area contributed by atoms with Gasteiger partial charge in [0.15, 0.2) is 0 Å². The smallest absolute Gasteiger partial charge is 0.254 e. The van der Waals surface area contributed by atoms with Crippen molar-refractivity contribution >= 4 is 23.6 Å². The molecule has 0 spiro atoms. The van der Waals surface area contributed by atoms with E-state index in [0.717, 1.165) is 51.4 Å². The summed E-state index contributed by atoms with van der Waals surface area (Å²) in [4.78, 5) is 57.8. The van der Waals surface area contributed by atoms with Crippen LogP contribution in [0.1, 0.15) is 170 Å². The molecule has 0 aliphatic heterocycles. The second-order valence-corrected chi connectivity index (χ2v) is 15.3. The Labute approximate surface area is 299 Å². The van der Waals surface area contributed by atoms with E-state index in [2.05, 4.69) is 20.4 Å². The van der Waals surface area contributed by atoms with Crippen molar-refractivity contribution in [3.63, 3.8) is 0 Å². The SMILES string of the molecule is O=C(NCCNC(=O)c1ccc(C(=O)N(C2CCCCC2)C2CCCCC2)cc1)c1ccc(C(=O)N(C2CCCCC2)C2CCCCC2)cc1. The lowest BCUT2D eigenvalue weighted by Gasteiger charge is -2.42. The van der Waals surface area contributed by atoms with E-state index in [-0.39, 0.29) is 36.7 Å². The molecule has 8 nitrogen and oxygen atoms in total. The number of rotatable bonds is 11. The molecule has 0 saturated heterocycles. The molecule has 50 heavy (non-hydrogen) atoms. The van der Waals surface area contributed by atoms with Crippen LogP contribution in [0.25, 0.3) is 0 Å². The van der Waals surface area contributed by atoms with Crippen LogP contribution < -0.4 is 10.6 Å². The Balaban J connectivity index is 0.979. The van der Waals surface area contributed by atoms with Gasteiger partial charge in [-0.15, -0.1) is 0 Å². The van der Waals surface area contributed by atoms with Gasteiger partial charge in [-0.2, -0.15) is 0 Å². The highest BCUT2D eigenvalue weighted by Crippen LogP contribution is 2.33. The minimum Gasteiger partial charge on any atom is -0.350 e. The largest absolute Gasteiger partial charge is 0.350 e. The molecule has 2 N–H and O–H groups in total. The van der Waals surface area contributed by atoms with Gasteiger partial charge in [-0.3, -0.25) is 19.2 Å². The predicted molar refractivity (Wildman–Crippen MR) is 197 cm³/mol. The summed E-state index contributed by atoms with van der Waals surface area (Å²) in [5.74, 6) is -0.278. The molecular weight excluding hydrogens is 624 g/mol. The van der Waals surface area contributed by atoms with Crippen LogP contribution in [0.2, 0.25) is 0 Å². The lowest BCUT2D eigenvalue weighted by molar-refractivity contribution is 0.0441. The Bertz CT molecular complexity index is 1270. The molecule has 8 heteroatoms. The maximum Gasteiger partial charge on any atom is 0.254 e. The van der Waals surface area contributed by atoms with Crippen LogP contribution in [0.15, 0.2) is 48.5 Å². The summed E-state index contributed by atoms with van der Waals surface area (Å²) >= 11 is 0. The van der Waals surface area contributed by atoms with Gasteiger partial charge in [-0.1, -0.05) is 77.0 Å². The number of nitrogens with one attached hydrogen (secondary N) is 2. The first kappa shape index (κ1) is 36.1. The third-order valence-corrected chi connectivity index (χ3v) is 11.8. The number of nitrogens with zero attached hydrogens (tertiary/aromatic N) is 2. The number of carbonyl (C=O) groups excluding carboxylic acids is 4. The fourth-order valence-electron chi connectivity index (χ4n) is 9.08. The monoisotopic (exact) mass is 682 g/mol. The zero-order valence-corrected chi connectivity index (χ0v) is 30.0. The Morgan fingerprint density at radius 2 is 0.640 bits per heavy atom. The van der Waals surface area contributed by atoms with Crippen LogP contribution in [0.5, 0.6) is 0 Å². The van der Waals surface area contributed by atoms with Crippen molar-refractivity contribution < 1.29 is 19.2 Å². The Kier molecular flexibility index (Phi) is 13.0. The quantitative estimate of drug-likeness (QED) is 0.234. The molecule has 270 valence electrons. The van der Waals surface area contributed by atoms with Crippen LogP contribution in [-0.2, 0) is 0 Å². The van der Waals surface area contributed by atoms with Crippen molar-refractivity contribution in [2.75, 3.05) is 13.1 Å². The number of benzene rings is 2. The number of carbonyl (C=O) groups is 4. The van der Waals surface area contributed by atoms with Crippen LogP contribution in [0.3, 0.4) is 0 Å². The van der Waals surface area contributed by atoms with Gasteiger partial charge in [-0.25, -0.2) is 0 Å². The van der Waals surface area contributed by atoms with Gasteiger partial charge in [-0.05, 0) is 99.9 Å². The zero-order valence-electron chi connectivity index (χ0n) is 30.0. The molecule has 4 amide bonds. The van der Waals surface area contributed by atoms with Crippen molar-refractivity contribution in [2.24, 2.45) is 0 Å². The number of hydrogen-bond donors (Lipinski definition) is 2. The first-order chi connectivity index (χ1) is 24.5.